The molecule has 1 aromatic carbocycles. The van der Waals surface area contributed by atoms with Crippen LogP contribution in [0, 0.1) is 13.8 Å². The highest BCUT2D eigenvalue weighted by atomic mass is 16.4. The molecule has 0 aliphatic carbocycles. The first-order valence-electron chi connectivity index (χ1n) is 5.82. The van der Waals surface area contributed by atoms with E-state index in [9.17, 15) is 4.79 Å². The number of aromatic amines is 1. The number of nitrogens with zero attached hydrogens (tertiary/aromatic N) is 2. The molecule has 0 unspecified atom stereocenters. The fourth-order valence-corrected chi connectivity index (χ4v) is 1.82. The Balaban J connectivity index is 2.00. The van der Waals surface area contributed by atoms with Crippen LogP contribution in [0.15, 0.2) is 33.6 Å². The molecule has 0 amide bonds. The maximum atomic E-state index is 11.1. The average Bonchev–Trinajstić information content (AvgIpc) is 2.73. The van der Waals surface area contributed by atoms with E-state index in [0.29, 0.717) is 16.9 Å². The first-order valence-corrected chi connectivity index (χ1v) is 5.82. The summed E-state index contributed by atoms with van der Waals surface area (Å²) in [7, 11) is 0. The molecular weight excluding hydrogens is 244 g/mol. The average molecular weight is 256 g/mol. The third-order valence-corrected chi connectivity index (χ3v) is 2.77. The smallest absolute Gasteiger partial charge is 0.408 e. The lowest BCUT2D eigenvalue weighted by Crippen LogP contribution is -1.99. The van der Waals surface area contributed by atoms with Gasteiger partial charge in [-0.3, -0.25) is 4.98 Å². The maximum absolute atomic E-state index is 11.1. The largest absolute Gasteiger partial charge is 0.417 e. The third kappa shape index (κ3) is 2.20. The second kappa shape index (κ2) is 4.24. The van der Waals surface area contributed by atoms with Crippen LogP contribution in [-0.2, 0) is 0 Å². The van der Waals surface area contributed by atoms with Crippen molar-refractivity contribution in [3.05, 3.63) is 46.3 Å². The number of anilines is 2. The van der Waals surface area contributed by atoms with Crippen molar-refractivity contribution in [1.82, 2.24) is 15.0 Å². The Morgan fingerprint density at radius 1 is 1.32 bits per heavy atom. The summed E-state index contributed by atoms with van der Waals surface area (Å²) in [4.78, 5) is 22.2. The Morgan fingerprint density at radius 3 is 3.00 bits per heavy atom. The predicted octanol–water partition coefficient (Wildman–Crippen LogP) is 2.27. The number of nitrogens with one attached hydrogen (secondary N) is 2. The molecule has 19 heavy (non-hydrogen) atoms. The fraction of sp³-hybridized carbons (Fsp3) is 0.154. The van der Waals surface area contributed by atoms with Gasteiger partial charge in [0.05, 0.1) is 5.52 Å². The molecule has 0 aliphatic rings. The lowest BCUT2D eigenvalue weighted by Gasteiger charge is -2.08. The van der Waals surface area contributed by atoms with Gasteiger partial charge in [0, 0.05) is 17.4 Å². The van der Waals surface area contributed by atoms with Crippen molar-refractivity contribution in [1.29, 1.82) is 0 Å². The minimum absolute atomic E-state index is 0.457. The molecule has 0 fully saturated rings. The molecule has 0 saturated heterocycles. The van der Waals surface area contributed by atoms with Crippen molar-refractivity contribution >= 4 is 22.6 Å². The van der Waals surface area contributed by atoms with Gasteiger partial charge in [-0.05, 0) is 32.0 Å². The molecule has 6 nitrogen and oxygen atoms in total. The molecule has 3 rings (SSSR count). The minimum atomic E-state index is -0.457. The highest BCUT2D eigenvalue weighted by Gasteiger charge is 2.05. The van der Waals surface area contributed by atoms with E-state index in [0.717, 1.165) is 17.1 Å². The van der Waals surface area contributed by atoms with E-state index >= 15 is 0 Å². The molecule has 2 heterocycles. The van der Waals surface area contributed by atoms with E-state index in [-0.39, 0.29) is 0 Å². The molecular formula is C13H12N4O2. The molecule has 0 atom stereocenters. The van der Waals surface area contributed by atoms with Crippen molar-refractivity contribution in [2.24, 2.45) is 0 Å². The quantitative estimate of drug-likeness (QED) is 0.734. The Morgan fingerprint density at radius 2 is 2.16 bits per heavy atom. The summed E-state index contributed by atoms with van der Waals surface area (Å²) in [6.45, 7) is 3.77. The normalized spacial score (nSPS) is 10.8. The number of benzene rings is 1. The van der Waals surface area contributed by atoms with Crippen LogP contribution in [-0.4, -0.2) is 15.0 Å². The number of hydrogen-bond donors (Lipinski definition) is 2. The molecule has 0 saturated carbocycles. The Bertz CT molecular complexity index is 804. The number of oxazole rings is 1. The van der Waals surface area contributed by atoms with Crippen LogP contribution >= 0.6 is 0 Å². The summed E-state index contributed by atoms with van der Waals surface area (Å²) in [6.07, 6.45) is 1.77. The van der Waals surface area contributed by atoms with E-state index < -0.39 is 5.76 Å². The number of aromatic nitrogens is 3. The first-order chi connectivity index (χ1) is 9.11. The zero-order valence-corrected chi connectivity index (χ0v) is 10.5. The topological polar surface area (TPSA) is 83.8 Å². The van der Waals surface area contributed by atoms with Gasteiger partial charge in [0.15, 0.2) is 5.58 Å². The Labute approximate surface area is 108 Å². The highest BCUT2D eigenvalue weighted by molar-refractivity contribution is 5.78. The number of hydrogen-bond acceptors (Lipinski definition) is 5. The van der Waals surface area contributed by atoms with Crippen LogP contribution in [0.1, 0.15) is 11.4 Å². The molecule has 96 valence electrons. The van der Waals surface area contributed by atoms with Gasteiger partial charge in [0.1, 0.15) is 11.6 Å². The van der Waals surface area contributed by atoms with E-state index in [1.54, 1.807) is 18.3 Å². The zero-order valence-electron chi connectivity index (χ0n) is 10.5. The summed E-state index contributed by atoms with van der Waals surface area (Å²) < 4.78 is 4.95. The Hall–Kier alpha value is -2.63. The van der Waals surface area contributed by atoms with Crippen molar-refractivity contribution in [3.8, 4) is 0 Å². The van der Waals surface area contributed by atoms with Crippen molar-refractivity contribution in [2.75, 3.05) is 5.32 Å². The summed E-state index contributed by atoms with van der Waals surface area (Å²) in [5, 5.41) is 3.20. The maximum Gasteiger partial charge on any atom is 0.417 e. The standard InChI is InChI=1S/C13H12N4O2/c1-7-6-14-8(2)15-12(7)16-9-3-4-11-10(5-9)17-13(18)19-11/h3-6H,1-2H3,(H,17,18)(H,14,15,16). The summed E-state index contributed by atoms with van der Waals surface area (Å²) >= 11 is 0. The number of rotatable bonds is 2. The van der Waals surface area contributed by atoms with Gasteiger partial charge in [-0.1, -0.05) is 0 Å². The second-order valence-corrected chi connectivity index (χ2v) is 4.30. The Kier molecular flexibility index (Phi) is 2.56. The first kappa shape index (κ1) is 11.5. The monoisotopic (exact) mass is 256 g/mol. The van der Waals surface area contributed by atoms with Crippen LogP contribution < -0.4 is 11.1 Å². The van der Waals surface area contributed by atoms with Gasteiger partial charge < -0.3 is 9.73 Å². The predicted molar refractivity (Wildman–Crippen MR) is 71.6 cm³/mol. The van der Waals surface area contributed by atoms with E-state index in [4.69, 9.17) is 4.42 Å². The number of aryl methyl sites for hydroxylation is 2. The lowest BCUT2D eigenvalue weighted by molar-refractivity contribution is 0.555. The molecule has 0 aliphatic heterocycles. The molecule has 0 spiro atoms. The number of fused-ring (bicyclic) bond motifs is 1. The zero-order chi connectivity index (χ0) is 13.4. The van der Waals surface area contributed by atoms with Crippen LogP contribution in [0.25, 0.3) is 11.1 Å². The summed E-state index contributed by atoms with van der Waals surface area (Å²) in [6, 6.07) is 5.37. The van der Waals surface area contributed by atoms with Crippen molar-refractivity contribution in [3.63, 3.8) is 0 Å². The minimum Gasteiger partial charge on any atom is -0.408 e. The molecule has 6 heteroatoms. The van der Waals surface area contributed by atoms with E-state index in [2.05, 4.69) is 20.3 Å². The van der Waals surface area contributed by atoms with Gasteiger partial charge in [0.2, 0.25) is 0 Å². The van der Waals surface area contributed by atoms with Gasteiger partial charge in [0.25, 0.3) is 0 Å². The van der Waals surface area contributed by atoms with Crippen molar-refractivity contribution in [2.45, 2.75) is 13.8 Å². The van der Waals surface area contributed by atoms with Gasteiger partial charge in [-0.15, -0.1) is 0 Å². The van der Waals surface area contributed by atoms with Crippen LogP contribution in [0.4, 0.5) is 11.5 Å². The van der Waals surface area contributed by atoms with Crippen LogP contribution in [0.2, 0.25) is 0 Å². The van der Waals surface area contributed by atoms with Crippen LogP contribution in [0.3, 0.4) is 0 Å². The van der Waals surface area contributed by atoms with E-state index in [1.165, 1.54) is 0 Å². The molecule has 2 N–H and O–H groups in total. The molecule has 3 aromatic rings. The SMILES string of the molecule is Cc1ncc(C)c(Nc2ccc3oc(=O)[nH]c3c2)n1. The van der Waals surface area contributed by atoms with E-state index in [1.807, 2.05) is 19.9 Å². The molecule has 2 aromatic heterocycles. The summed E-state index contributed by atoms with van der Waals surface area (Å²) in [5.74, 6) is 0.991. The molecule has 0 bridgehead atoms. The van der Waals surface area contributed by atoms with Gasteiger partial charge in [-0.25, -0.2) is 14.8 Å². The second-order valence-electron chi connectivity index (χ2n) is 4.30. The van der Waals surface area contributed by atoms with Gasteiger partial charge in [-0.2, -0.15) is 0 Å². The third-order valence-electron chi connectivity index (χ3n) is 2.77. The highest BCUT2D eigenvalue weighted by Crippen LogP contribution is 2.21. The lowest BCUT2D eigenvalue weighted by atomic mass is 10.2. The fourth-order valence-electron chi connectivity index (χ4n) is 1.82. The van der Waals surface area contributed by atoms with Crippen molar-refractivity contribution < 1.29 is 4.42 Å². The molecule has 0 radical (unpaired) electrons. The number of H-pyrrole nitrogens is 1. The summed E-state index contributed by atoms with van der Waals surface area (Å²) in [5.41, 5.74) is 2.96. The van der Waals surface area contributed by atoms with Gasteiger partial charge >= 0.3 is 5.76 Å². The van der Waals surface area contributed by atoms with Crippen LogP contribution in [0.5, 0.6) is 0 Å².